The van der Waals surface area contributed by atoms with Crippen molar-refractivity contribution in [2.24, 2.45) is 0 Å². The summed E-state index contributed by atoms with van der Waals surface area (Å²) in [5.41, 5.74) is 0.997. The van der Waals surface area contributed by atoms with Gasteiger partial charge in [0.25, 0.3) is 0 Å². The molecule has 3 rings (SSSR count). The summed E-state index contributed by atoms with van der Waals surface area (Å²) in [6.45, 7) is 0.995. The minimum Gasteiger partial charge on any atom is -0.333 e. The van der Waals surface area contributed by atoms with E-state index < -0.39 is 0 Å². The number of hydrogen-bond acceptors (Lipinski definition) is 3. The molecular formula is C13H16ClN5O. The Morgan fingerprint density at radius 2 is 2.40 bits per heavy atom. The van der Waals surface area contributed by atoms with Crippen LogP contribution in [0.4, 0.5) is 0 Å². The van der Waals surface area contributed by atoms with Crippen molar-refractivity contribution in [3.05, 3.63) is 35.4 Å². The van der Waals surface area contributed by atoms with Gasteiger partial charge in [0.2, 0.25) is 5.91 Å². The molecule has 1 fully saturated rings. The van der Waals surface area contributed by atoms with Gasteiger partial charge in [-0.1, -0.05) is 11.6 Å². The molecule has 1 saturated heterocycles. The number of halogens is 1. The molecule has 6 nitrogen and oxygen atoms in total. The lowest BCUT2D eigenvalue weighted by Gasteiger charge is -2.35. The zero-order valence-corrected chi connectivity index (χ0v) is 11.8. The van der Waals surface area contributed by atoms with E-state index >= 15 is 0 Å². The average molecular weight is 294 g/mol. The number of carbonyl (C=O) groups excluding carboxylic acids is 1. The predicted molar refractivity (Wildman–Crippen MR) is 74.1 cm³/mol. The molecule has 2 aromatic rings. The van der Waals surface area contributed by atoms with Crippen molar-refractivity contribution >= 4 is 17.5 Å². The Bertz CT molecular complexity index is 579. The van der Waals surface area contributed by atoms with Crippen molar-refractivity contribution < 1.29 is 4.79 Å². The molecule has 106 valence electrons. The molecule has 1 amide bonds. The SMILES string of the molecule is O=C(Cn1cc(Cl)cn1)N1CCCC[C@@H]1c1ccn[nH]1. The predicted octanol–water partition coefficient (Wildman–Crippen LogP) is 2.01. The highest BCUT2D eigenvalue weighted by molar-refractivity contribution is 6.30. The third-order valence-corrected chi connectivity index (χ3v) is 3.80. The summed E-state index contributed by atoms with van der Waals surface area (Å²) in [5, 5.41) is 11.6. The molecule has 0 spiro atoms. The lowest BCUT2D eigenvalue weighted by molar-refractivity contribution is -0.136. The topological polar surface area (TPSA) is 66.8 Å². The highest BCUT2D eigenvalue weighted by atomic mass is 35.5. The first-order valence-electron chi connectivity index (χ1n) is 6.71. The van der Waals surface area contributed by atoms with Gasteiger partial charge in [-0.3, -0.25) is 14.6 Å². The Labute approximate surface area is 121 Å². The largest absolute Gasteiger partial charge is 0.333 e. The van der Waals surface area contributed by atoms with Gasteiger partial charge in [-0.15, -0.1) is 0 Å². The molecule has 1 aliphatic rings. The fraction of sp³-hybridized carbons (Fsp3) is 0.462. The summed E-state index contributed by atoms with van der Waals surface area (Å²) >= 11 is 5.82. The fourth-order valence-electron chi connectivity index (χ4n) is 2.66. The van der Waals surface area contributed by atoms with Gasteiger partial charge < -0.3 is 4.90 Å². The van der Waals surface area contributed by atoms with E-state index in [2.05, 4.69) is 15.3 Å². The van der Waals surface area contributed by atoms with Crippen molar-refractivity contribution in [2.45, 2.75) is 31.8 Å². The molecule has 0 unspecified atom stereocenters. The third kappa shape index (κ3) is 2.70. The van der Waals surface area contributed by atoms with Crippen molar-refractivity contribution in [3.63, 3.8) is 0 Å². The maximum absolute atomic E-state index is 12.5. The molecule has 0 aliphatic carbocycles. The lowest BCUT2D eigenvalue weighted by Crippen LogP contribution is -2.40. The molecule has 7 heteroatoms. The van der Waals surface area contributed by atoms with E-state index in [-0.39, 0.29) is 18.5 Å². The summed E-state index contributed by atoms with van der Waals surface area (Å²) in [6.07, 6.45) is 8.05. The van der Waals surface area contributed by atoms with Gasteiger partial charge in [-0.2, -0.15) is 10.2 Å². The van der Waals surface area contributed by atoms with Crippen LogP contribution in [0, 0.1) is 0 Å². The molecule has 2 aromatic heterocycles. The van der Waals surface area contributed by atoms with E-state index in [1.165, 1.54) is 6.20 Å². The molecular weight excluding hydrogens is 278 g/mol. The van der Waals surface area contributed by atoms with Gasteiger partial charge in [-0.05, 0) is 25.3 Å². The average Bonchev–Trinajstić information content (AvgIpc) is 3.10. The number of carbonyl (C=O) groups is 1. The van der Waals surface area contributed by atoms with Gasteiger partial charge in [0.15, 0.2) is 0 Å². The van der Waals surface area contributed by atoms with E-state index in [4.69, 9.17) is 11.6 Å². The van der Waals surface area contributed by atoms with Crippen LogP contribution in [-0.4, -0.2) is 37.3 Å². The van der Waals surface area contributed by atoms with Crippen LogP contribution in [-0.2, 0) is 11.3 Å². The zero-order valence-electron chi connectivity index (χ0n) is 11.0. The minimum atomic E-state index is 0.0593. The molecule has 3 heterocycles. The van der Waals surface area contributed by atoms with Crippen LogP contribution in [0.15, 0.2) is 24.7 Å². The van der Waals surface area contributed by atoms with E-state index in [1.807, 2.05) is 11.0 Å². The maximum Gasteiger partial charge on any atom is 0.244 e. The zero-order chi connectivity index (χ0) is 13.9. The normalized spacial score (nSPS) is 19.2. The number of aromatic nitrogens is 4. The summed E-state index contributed by atoms with van der Waals surface area (Å²) in [7, 11) is 0. The molecule has 0 saturated carbocycles. The third-order valence-electron chi connectivity index (χ3n) is 3.60. The van der Waals surface area contributed by atoms with Gasteiger partial charge in [0.1, 0.15) is 6.54 Å². The second-order valence-electron chi connectivity index (χ2n) is 4.97. The second-order valence-corrected chi connectivity index (χ2v) is 5.40. The molecule has 20 heavy (non-hydrogen) atoms. The molecule has 1 N–H and O–H groups in total. The molecule has 0 radical (unpaired) electrons. The van der Waals surface area contributed by atoms with Gasteiger partial charge in [-0.25, -0.2) is 0 Å². The summed E-state index contributed by atoms with van der Waals surface area (Å²) in [5.74, 6) is 0.0593. The molecule has 0 bridgehead atoms. The first-order chi connectivity index (χ1) is 9.74. The monoisotopic (exact) mass is 293 g/mol. The fourth-order valence-corrected chi connectivity index (χ4v) is 2.82. The number of aromatic amines is 1. The molecule has 0 aromatic carbocycles. The van der Waals surface area contributed by atoms with E-state index in [0.29, 0.717) is 5.02 Å². The second kappa shape index (κ2) is 5.66. The summed E-state index contributed by atoms with van der Waals surface area (Å²) in [4.78, 5) is 14.4. The van der Waals surface area contributed by atoms with Crippen molar-refractivity contribution in [1.29, 1.82) is 0 Å². The van der Waals surface area contributed by atoms with Crippen molar-refractivity contribution in [3.8, 4) is 0 Å². The van der Waals surface area contributed by atoms with Gasteiger partial charge in [0, 0.05) is 18.9 Å². The first kappa shape index (κ1) is 13.2. The Balaban J connectivity index is 1.74. The van der Waals surface area contributed by atoms with Crippen LogP contribution < -0.4 is 0 Å². The minimum absolute atomic E-state index is 0.0593. The van der Waals surface area contributed by atoms with Crippen molar-refractivity contribution in [1.82, 2.24) is 24.9 Å². The highest BCUT2D eigenvalue weighted by Gasteiger charge is 2.28. The number of hydrogen-bond donors (Lipinski definition) is 1. The summed E-state index contributed by atoms with van der Waals surface area (Å²) < 4.78 is 1.57. The number of amides is 1. The Morgan fingerprint density at radius 3 is 3.10 bits per heavy atom. The van der Waals surface area contributed by atoms with E-state index in [9.17, 15) is 4.79 Å². The number of H-pyrrole nitrogens is 1. The highest BCUT2D eigenvalue weighted by Crippen LogP contribution is 2.29. The Morgan fingerprint density at radius 1 is 1.50 bits per heavy atom. The number of nitrogens with zero attached hydrogens (tertiary/aromatic N) is 4. The number of rotatable bonds is 3. The van der Waals surface area contributed by atoms with Gasteiger partial charge in [0.05, 0.1) is 23.0 Å². The van der Waals surface area contributed by atoms with Crippen molar-refractivity contribution in [2.75, 3.05) is 6.54 Å². The number of likely N-dealkylation sites (tertiary alicyclic amines) is 1. The first-order valence-corrected chi connectivity index (χ1v) is 7.08. The molecule has 1 atom stereocenters. The lowest BCUT2D eigenvalue weighted by atomic mass is 9.99. The molecule has 1 aliphatic heterocycles. The Kier molecular flexibility index (Phi) is 3.73. The van der Waals surface area contributed by atoms with Crippen LogP contribution in [0.1, 0.15) is 31.0 Å². The van der Waals surface area contributed by atoms with Crippen LogP contribution in [0.5, 0.6) is 0 Å². The maximum atomic E-state index is 12.5. The smallest absolute Gasteiger partial charge is 0.244 e. The number of nitrogens with one attached hydrogen (secondary N) is 1. The standard InChI is InChI=1S/C13H16ClN5O/c14-10-7-16-18(8-10)9-13(20)19-6-2-1-3-12(19)11-4-5-15-17-11/h4-5,7-8,12H,1-3,6,9H2,(H,15,17)/t12-/m1/s1. The summed E-state index contributed by atoms with van der Waals surface area (Å²) in [6, 6.07) is 2.02. The van der Waals surface area contributed by atoms with E-state index in [1.54, 1.807) is 17.1 Å². The van der Waals surface area contributed by atoms with E-state index in [0.717, 1.165) is 31.5 Å². The Hall–Kier alpha value is -1.82. The van der Waals surface area contributed by atoms with Crippen LogP contribution in [0.25, 0.3) is 0 Å². The number of piperidine rings is 1. The van der Waals surface area contributed by atoms with Gasteiger partial charge >= 0.3 is 0 Å². The van der Waals surface area contributed by atoms with Crippen LogP contribution in [0.2, 0.25) is 5.02 Å². The quantitative estimate of drug-likeness (QED) is 0.941. The van der Waals surface area contributed by atoms with Crippen LogP contribution >= 0.6 is 11.6 Å². The van der Waals surface area contributed by atoms with Crippen LogP contribution in [0.3, 0.4) is 0 Å².